The Hall–Kier alpha value is -1.44. The lowest BCUT2D eigenvalue weighted by Crippen LogP contribution is -2.34. The lowest BCUT2D eigenvalue weighted by atomic mass is 10.0. The first-order valence-corrected chi connectivity index (χ1v) is 7.58. The number of nitrogens with two attached hydrogens (primary N) is 1. The van der Waals surface area contributed by atoms with Crippen molar-refractivity contribution < 1.29 is 13.2 Å². The summed E-state index contributed by atoms with van der Waals surface area (Å²) in [4.78, 5) is 11.6. The molecule has 1 aromatic rings. The number of amides is 1. The Morgan fingerprint density at radius 1 is 1.32 bits per heavy atom. The molecule has 1 unspecified atom stereocenters. The van der Waals surface area contributed by atoms with E-state index in [1.807, 2.05) is 30.3 Å². The van der Waals surface area contributed by atoms with Crippen molar-refractivity contribution in [1.29, 1.82) is 0 Å². The third kappa shape index (κ3) is 5.82. The second kappa shape index (κ2) is 7.22. The highest BCUT2D eigenvalue weighted by atomic mass is 32.2. The molecule has 0 heterocycles. The molecule has 7 heteroatoms. The van der Waals surface area contributed by atoms with Crippen LogP contribution in [0, 0.1) is 0 Å². The molecule has 4 N–H and O–H groups in total. The van der Waals surface area contributed by atoms with E-state index in [4.69, 9.17) is 5.73 Å². The van der Waals surface area contributed by atoms with Gasteiger partial charge in [0, 0.05) is 19.0 Å². The van der Waals surface area contributed by atoms with Gasteiger partial charge < -0.3 is 11.1 Å². The zero-order chi connectivity index (χ0) is 14.3. The van der Waals surface area contributed by atoms with Crippen LogP contribution < -0.4 is 15.8 Å². The second-order valence-electron chi connectivity index (χ2n) is 4.09. The van der Waals surface area contributed by atoms with Crippen LogP contribution in [0.25, 0.3) is 0 Å². The molecule has 1 rings (SSSR count). The Morgan fingerprint density at radius 3 is 2.53 bits per heavy atom. The van der Waals surface area contributed by atoms with E-state index in [0.29, 0.717) is 0 Å². The molecule has 106 valence electrons. The quantitative estimate of drug-likeness (QED) is 0.642. The summed E-state index contributed by atoms with van der Waals surface area (Å²) in [5.74, 6) is -0.404. The summed E-state index contributed by atoms with van der Waals surface area (Å²) in [6, 6.07) is 8.90. The molecule has 0 spiro atoms. The van der Waals surface area contributed by atoms with Gasteiger partial charge in [0.05, 0.1) is 5.75 Å². The fourth-order valence-electron chi connectivity index (χ4n) is 1.52. The monoisotopic (exact) mass is 285 g/mol. The molecule has 6 nitrogen and oxygen atoms in total. The van der Waals surface area contributed by atoms with Crippen molar-refractivity contribution in [1.82, 2.24) is 10.0 Å². The number of hydrogen-bond acceptors (Lipinski definition) is 4. The van der Waals surface area contributed by atoms with Crippen molar-refractivity contribution in [2.45, 2.75) is 12.5 Å². The average Bonchev–Trinajstić information content (AvgIpc) is 2.39. The number of rotatable bonds is 7. The molecule has 0 aromatic heterocycles. The van der Waals surface area contributed by atoms with E-state index in [0.717, 1.165) is 5.56 Å². The second-order valence-corrected chi connectivity index (χ2v) is 6.14. The topological polar surface area (TPSA) is 101 Å². The average molecular weight is 285 g/mol. The minimum Gasteiger partial charge on any atom is -0.355 e. The van der Waals surface area contributed by atoms with E-state index in [-0.39, 0.29) is 30.7 Å². The number of nitrogens with one attached hydrogen (secondary N) is 2. The normalized spacial score (nSPS) is 12.9. The van der Waals surface area contributed by atoms with Gasteiger partial charge in [-0.25, -0.2) is 13.1 Å². The summed E-state index contributed by atoms with van der Waals surface area (Å²) in [5, 5.41) is 2.54. The van der Waals surface area contributed by atoms with Crippen molar-refractivity contribution in [2.75, 3.05) is 19.3 Å². The summed E-state index contributed by atoms with van der Waals surface area (Å²) >= 11 is 0. The van der Waals surface area contributed by atoms with Gasteiger partial charge in [-0.2, -0.15) is 0 Å². The van der Waals surface area contributed by atoms with Crippen LogP contribution in [0.15, 0.2) is 30.3 Å². The maximum Gasteiger partial charge on any atom is 0.221 e. The van der Waals surface area contributed by atoms with Crippen molar-refractivity contribution in [3.05, 3.63) is 35.9 Å². The van der Waals surface area contributed by atoms with Gasteiger partial charge in [0.2, 0.25) is 15.9 Å². The van der Waals surface area contributed by atoms with Crippen LogP contribution in [-0.4, -0.2) is 33.7 Å². The first-order chi connectivity index (χ1) is 8.94. The SMILES string of the molecule is CNS(=O)(=O)CCNC(=O)CC(N)c1ccccc1. The third-order valence-electron chi connectivity index (χ3n) is 2.64. The molecule has 0 aliphatic rings. The van der Waals surface area contributed by atoms with Crippen LogP contribution in [0.2, 0.25) is 0 Å². The highest BCUT2D eigenvalue weighted by Gasteiger charge is 2.12. The van der Waals surface area contributed by atoms with E-state index >= 15 is 0 Å². The fraction of sp³-hybridized carbons (Fsp3) is 0.417. The molecule has 0 bridgehead atoms. The molecule has 0 saturated heterocycles. The van der Waals surface area contributed by atoms with Gasteiger partial charge in [-0.05, 0) is 12.6 Å². The number of hydrogen-bond donors (Lipinski definition) is 3. The van der Waals surface area contributed by atoms with Crippen LogP contribution in [0.4, 0.5) is 0 Å². The molecule has 1 amide bonds. The third-order valence-corrected chi connectivity index (χ3v) is 4.00. The molecule has 1 aromatic carbocycles. The zero-order valence-electron chi connectivity index (χ0n) is 10.8. The molecule has 0 fully saturated rings. The molecule has 0 aliphatic carbocycles. The van der Waals surface area contributed by atoms with E-state index in [2.05, 4.69) is 10.0 Å². The largest absolute Gasteiger partial charge is 0.355 e. The Morgan fingerprint density at radius 2 is 1.95 bits per heavy atom. The van der Waals surface area contributed by atoms with E-state index in [1.54, 1.807) is 0 Å². The molecular weight excluding hydrogens is 266 g/mol. The Bertz CT molecular complexity index is 502. The summed E-state index contributed by atoms with van der Waals surface area (Å²) in [6.45, 7) is 0.0729. The van der Waals surface area contributed by atoms with Crippen molar-refractivity contribution in [3.8, 4) is 0 Å². The van der Waals surface area contributed by atoms with Crippen molar-refractivity contribution >= 4 is 15.9 Å². The fourth-order valence-corrected chi connectivity index (χ4v) is 2.09. The summed E-state index contributed by atoms with van der Waals surface area (Å²) in [7, 11) is -1.96. The van der Waals surface area contributed by atoms with Crippen LogP contribution >= 0.6 is 0 Å². The van der Waals surface area contributed by atoms with Crippen molar-refractivity contribution in [2.24, 2.45) is 5.73 Å². The Labute approximate surface area is 113 Å². The predicted octanol–water partition coefficient (Wildman–Crippen LogP) is -0.258. The standard InChI is InChI=1S/C12H19N3O3S/c1-14-19(17,18)8-7-15-12(16)9-11(13)10-5-3-2-4-6-10/h2-6,11,14H,7-9,13H2,1H3,(H,15,16). The van der Waals surface area contributed by atoms with Gasteiger partial charge in [-0.3, -0.25) is 4.79 Å². The van der Waals surface area contributed by atoms with E-state index in [9.17, 15) is 13.2 Å². The minimum atomic E-state index is -3.29. The van der Waals surface area contributed by atoms with Crippen molar-refractivity contribution in [3.63, 3.8) is 0 Å². The maximum absolute atomic E-state index is 11.6. The summed E-state index contributed by atoms with van der Waals surface area (Å²) < 4.78 is 24.5. The van der Waals surface area contributed by atoms with E-state index in [1.165, 1.54) is 7.05 Å². The van der Waals surface area contributed by atoms with Gasteiger partial charge in [0.25, 0.3) is 0 Å². The zero-order valence-corrected chi connectivity index (χ0v) is 11.6. The molecule has 1 atom stereocenters. The van der Waals surface area contributed by atoms with Gasteiger partial charge in [-0.1, -0.05) is 30.3 Å². The minimum absolute atomic E-state index is 0.0729. The smallest absolute Gasteiger partial charge is 0.221 e. The summed E-state index contributed by atoms with van der Waals surface area (Å²) in [6.07, 6.45) is 0.129. The number of carbonyl (C=O) groups excluding carboxylic acids is 1. The number of carbonyl (C=O) groups is 1. The first kappa shape index (κ1) is 15.6. The Balaban J connectivity index is 2.36. The van der Waals surface area contributed by atoms with Crippen LogP contribution in [0.1, 0.15) is 18.0 Å². The molecule has 0 aliphatic heterocycles. The van der Waals surface area contributed by atoms with Crippen LogP contribution in [0.3, 0.4) is 0 Å². The number of benzene rings is 1. The molecule has 0 saturated carbocycles. The highest BCUT2D eigenvalue weighted by molar-refractivity contribution is 7.89. The van der Waals surface area contributed by atoms with Gasteiger partial charge >= 0.3 is 0 Å². The lowest BCUT2D eigenvalue weighted by molar-refractivity contribution is -0.121. The predicted molar refractivity (Wildman–Crippen MR) is 73.8 cm³/mol. The van der Waals surface area contributed by atoms with E-state index < -0.39 is 10.0 Å². The molecule has 19 heavy (non-hydrogen) atoms. The Kier molecular flexibility index (Phi) is 5.94. The van der Waals surface area contributed by atoms with Crippen LogP contribution in [0.5, 0.6) is 0 Å². The molecular formula is C12H19N3O3S. The lowest BCUT2D eigenvalue weighted by Gasteiger charge is -2.12. The van der Waals surface area contributed by atoms with Crippen LogP contribution in [-0.2, 0) is 14.8 Å². The van der Waals surface area contributed by atoms with Gasteiger partial charge in [0.15, 0.2) is 0 Å². The number of sulfonamides is 1. The van der Waals surface area contributed by atoms with Gasteiger partial charge in [0.1, 0.15) is 0 Å². The summed E-state index contributed by atoms with van der Waals surface area (Å²) in [5.41, 5.74) is 6.76. The van der Waals surface area contributed by atoms with Gasteiger partial charge in [-0.15, -0.1) is 0 Å². The molecule has 0 radical (unpaired) electrons. The first-order valence-electron chi connectivity index (χ1n) is 5.93. The highest BCUT2D eigenvalue weighted by Crippen LogP contribution is 2.12. The maximum atomic E-state index is 11.6.